The van der Waals surface area contributed by atoms with Crippen molar-refractivity contribution in [2.24, 2.45) is 0 Å². The standard InChI is InChI=1S/C13H6BrNO4S/c14-9-3-1-2-7-8(6-20-13(7)9)12(16)10-4-5-11(19-10)15(17)18/h1-6H. The molecule has 0 saturated carbocycles. The molecule has 0 aliphatic carbocycles. The second-order valence-electron chi connectivity index (χ2n) is 3.99. The van der Waals surface area contributed by atoms with E-state index < -0.39 is 10.8 Å². The molecule has 0 radical (unpaired) electrons. The molecule has 2 heterocycles. The molecule has 0 aliphatic heterocycles. The van der Waals surface area contributed by atoms with Crippen molar-refractivity contribution in [2.75, 3.05) is 0 Å². The van der Waals surface area contributed by atoms with Crippen molar-refractivity contribution in [1.29, 1.82) is 0 Å². The monoisotopic (exact) mass is 351 g/mol. The lowest BCUT2D eigenvalue weighted by atomic mass is 10.1. The third-order valence-corrected chi connectivity index (χ3v) is 4.74. The Morgan fingerprint density at radius 2 is 2.10 bits per heavy atom. The van der Waals surface area contributed by atoms with E-state index in [1.807, 2.05) is 18.2 Å². The molecule has 7 heteroatoms. The first-order valence-corrected chi connectivity index (χ1v) is 7.20. The van der Waals surface area contributed by atoms with Crippen molar-refractivity contribution in [2.45, 2.75) is 0 Å². The van der Waals surface area contributed by atoms with E-state index in [1.165, 1.54) is 23.5 Å². The zero-order valence-electron chi connectivity index (χ0n) is 9.83. The van der Waals surface area contributed by atoms with Crippen molar-refractivity contribution >= 4 is 49.0 Å². The fraction of sp³-hybridized carbons (Fsp3) is 0. The number of furan rings is 1. The molecule has 5 nitrogen and oxygen atoms in total. The number of fused-ring (bicyclic) bond motifs is 1. The van der Waals surface area contributed by atoms with E-state index in [0.29, 0.717) is 5.56 Å². The van der Waals surface area contributed by atoms with Gasteiger partial charge in [-0.05, 0) is 28.1 Å². The number of benzene rings is 1. The van der Waals surface area contributed by atoms with Gasteiger partial charge in [-0.15, -0.1) is 11.3 Å². The van der Waals surface area contributed by atoms with Crippen LogP contribution in [0.2, 0.25) is 0 Å². The van der Waals surface area contributed by atoms with E-state index in [2.05, 4.69) is 15.9 Å². The molecular formula is C13H6BrNO4S. The minimum Gasteiger partial charge on any atom is -0.397 e. The molecular weight excluding hydrogens is 346 g/mol. The van der Waals surface area contributed by atoms with Crippen LogP contribution in [0, 0.1) is 10.1 Å². The van der Waals surface area contributed by atoms with Gasteiger partial charge in [0.2, 0.25) is 5.78 Å². The van der Waals surface area contributed by atoms with E-state index >= 15 is 0 Å². The van der Waals surface area contributed by atoms with Gasteiger partial charge in [-0.2, -0.15) is 0 Å². The smallest absolute Gasteiger partial charge is 0.397 e. The predicted octanol–water partition coefficient (Wildman–Crippen LogP) is 4.40. The van der Waals surface area contributed by atoms with E-state index in [1.54, 1.807) is 5.38 Å². The molecule has 3 rings (SSSR count). The number of hydrogen-bond acceptors (Lipinski definition) is 5. The van der Waals surface area contributed by atoms with Gasteiger partial charge in [-0.25, -0.2) is 0 Å². The van der Waals surface area contributed by atoms with E-state index in [4.69, 9.17) is 4.42 Å². The number of nitro groups is 1. The van der Waals surface area contributed by atoms with Crippen LogP contribution in [-0.2, 0) is 0 Å². The Morgan fingerprint density at radius 1 is 1.30 bits per heavy atom. The van der Waals surface area contributed by atoms with Gasteiger partial charge in [0.15, 0.2) is 5.76 Å². The molecule has 0 spiro atoms. The zero-order valence-corrected chi connectivity index (χ0v) is 12.2. The van der Waals surface area contributed by atoms with Gasteiger partial charge >= 0.3 is 5.88 Å². The SMILES string of the molecule is O=C(c1ccc([N+](=O)[O-])o1)c1csc2c(Br)cccc12. The minimum absolute atomic E-state index is 0.0311. The molecule has 0 saturated heterocycles. The lowest BCUT2D eigenvalue weighted by Gasteiger charge is -1.96. The van der Waals surface area contributed by atoms with E-state index in [0.717, 1.165) is 14.6 Å². The molecule has 1 aromatic carbocycles. The topological polar surface area (TPSA) is 73.3 Å². The summed E-state index contributed by atoms with van der Waals surface area (Å²) >= 11 is 4.86. The summed E-state index contributed by atoms with van der Waals surface area (Å²) in [5, 5.41) is 13.1. The highest BCUT2D eigenvalue weighted by Gasteiger charge is 2.21. The Bertz CT molecular complexity index is 836. The Kier molecular flexibility index (Phi) is 3.15. The summed E-state index contributed by atoms with van der Waals surface area (Å²) in [6, 6.07) is 8.06. The average Bonchev–Trinajstić information content (AvgIpc) is 3.05. The quantitative estimate of drug-likeness (QED) is 0.398. The Labute approximate surface area is 125 Å². The van der Waals surface area contributed by atoms with Crippen molar-refractivity contribution in [3.63, 3.8) is 0 Å². The number of nitrogens with zero attached hydrogens (tertiary/aromatic N) is 1. The summed E-state index contributed by atoms with van der Waals surface area (Å²) in [4.78, 5) is 22.3. The van der Waals surface area contributed by atoms with Crippen molar-refractivity contribution < 1.29 is 14.1 Å². The largest absolute Gasteiger partial charge is 0.433 e. The first-order valence-electron chi connectivity index (χ1n) is 5.52. The van der Waals surface area contributed by atoms with Crippen LogP contribution in [0.1, 0.15) is 16.1 Å². The van der Waals surface area contributed by atoms with Gasteiger partial charge in [-0.3, -0.25) is 14.9 Å². The molecule has 0 fully saturated rings. The Morgan fingerprint density at radius 3 is 2.80 bits per heavy atom. The molecule has 100 valence electrons. The summed E-state index contributed by atoms with van der Waals surface area (Å²) in [6.07, 6.45) is 0. The maximum atomic E-state index is 12.3. The summed E-state index contributed by atoms with van der Waals surface area (Å²) in [6.45, 7) is 0. The van der Waals surface area contributed by atoms with Crippen molar-refractivity contribution in [3.8, 4) is 0 Å². The number of rotatable bonds is 3. The number of carbonyl (C=O) groups is 1. The van der Waals surface area contributed by atoms with Crippen molar-refractivity contribution in [3.05, 3.63) is 61.6 Å². The predicted molar refractivity (Wildman–Crippen MR) is 78.3 cm³/mol. The third-order valence-electron chi connectivity index (χ3n) is 2.79. The van der Waals surface area contributed by atoms with Crippen LogP contribution in [0.4, 0.5) is 5.88 Å². The Balaban J connectivity index is 2.08. The van der Waals surface area contributed by atoms with E-state index in [-0.39, 0.29) is 11.5 Å². The van der Waals surface area contributed by atoms with Gasteiger partial charge < -0.3 is 4.42 Å². The Hall–Kier alpha value is -1.99. The van der Waals surface area contributed by atoms with Crippen LogP contribution in [-0.4, -0.2) is 10.7 Å². The molecule has 0 amide bonds. The molecule has 2 aromatic heterocycles. The van der Waals surface area contributed by atoms with Gasteiger partial charge in [-0.1, -0.05) is 12.1 Å². The van der Waals surface area contributed by atoms with Gasteiger partial charge in [0.05, 0.1) is 6.07 Å². The second-order valence-corrected chi connectivity index (χ2v) is 5.72. The third kappa shape index (κ3) is 2.04. The number of ketones is 1. The van der Waals surface area contributed by atoms with Crippen LogP contribution >= 0.6 is 27.3 Å². The second kappa shape index (κ2) is 4.84. The number of carbonyl (C=O) groups excluding carboxylic acids is 1. The van der Waals surface area contributed by atoms with Crippen LogP contribution < -0.4 is 0 Å². The van der Waals surface area contributed by atoms with Gasteiger partial charge in [0.1, 0.15) is 4.92 Å². The molecule has 20 heavy (non-hydrogen) atoms. The number of thiophene rings is 1. The highest BCUT2D eigenvalue weighted by molar-refractivity contribution is 9.10. The van der Waals surface area contributed by atoms with Crippen LogP contribution in [0.25, 0.3) is 10.1 Å². The van der Waals surface area contributed by atoms with Gasteiger partial charge in [0, 0.05) is 25.5 Å². The van der Waals surface area contributed by atoms with Crippen LogP contribution in [0.5, 0.6) is 0 Å². The molecule has 0 unspecified atom stereocenters. The summed E-state index contributed by atoms with van der Waals surface area (Å²) in [5.41, 5.74) is 0.482. The lowest BCUT2D eigenvalue weighted by molar-refractivity contribution is -0.402. The normalized spacial score (nSPS) is 10.8. The molecule has 3 aromatic rings. The average molecular weight is 352 g/mol. The molecule has 0 aliphatic rings. The zero-order chi connectivity index (χ0) is 14.3. The maximum Gasteiger partial charge on any atom is 0.433 e. The highest BCUT2D eigenvalue weighted by atomic mass is 79.9. The fourth-order valence-electron chi connectivity index (χ4n) is 1.88. The summed E-state index contributed by atoms with van der Waals surface area (Å²) in [5.74, 6) is -0.826. The van der Waals surface area contributed by atoms with E-state index in [9.17, 15) is 14.9 Å². The van der Waals surface area contributed by atoms with Crippen LogP contribution in [0.15, 0.2) is 44.6 Å². The highest BCUT2D eigenvalue weighted by Crippen LogP contribution is 2.33. The minimum atomic E-state index is -0.668. The summed E-state index contributed by atoms with van der Waals surface area (Å²) in [7, 11) is 0. The first kappa shape index (κ1) is 13.0. The first-order chi connectivity index (χ1) is 9.58. The molecule has 0 N–H and O–H groups in total. The summed E-state index contributed by atoms with van der Waals surface area (Å²) < 4.78 is 6.82. The fourth-order valence-corrected chi connectivity index (χ4v) is 3.48. The molecule has 0 atom stereocenters. The molecule has 0 bridgehead atoms. The maximum absolute atomic E-state index is 12.3. The number of hydrogen-bond donors (Lipinski definition) is 0. The van der Waals surface area contributed by atoms with Crippen molar-refractivity contribution in [1.82, 2.24) is 0 Å². The van der Waals surface area contributed by atoms with Gasteiger partial charge in [0.25, 0.3) is 0 Å². The number of halogens is 1. The van der Waals surface area contributed by atoms with Crippen LogP contribution in [0.3, 0.4) is 0 Å². The lowest BCUT2D eigenvalue weighted by Crippen LogP contribution is -1.98.